The number of nitrogens with zero attached hydrogens (tertiary/aromatic N) is 2. The first-order valence-corrected chi connectivity index (χ1v) is 13.0. The number of carbonyl (C=O) groups is 1. The lowest BCUT2D eigenvalue weighted by Crippen LogP contribution is -2.43. The third kappa shape index (κ3) is 5.06. The normalized spacial score (nSPS) is 17.4. The number of aryl methyl sites for hydroxylation is 1. The van der Waals surface area contributed by atoms with Gasteiger partial charge in [-0.1, -0.05) is 45.8 Å². The molecule has 2 aromatic carbocycles. The fourth-order valence-corrected chi connectivity index (χ4v) is 6.04. The van der Waals surface area contributed by atoms with Crippen molar-refractivity contribution in [2.24, 2.45) is 5.92 Å². The van der Waals surface area contributed by atoms with Crippen molar-refractivity contribution in [2.45, 2.75) is 24.7 Å². The van der Waals surface area contributed by atoms with Crippen molar-refractivity contribution < 1.29 is 13.2 Å². The van der Waals surface area contributed by atoms with Gasteiger partial charge in [-0.25, -0.2) is 13.4 Å². The van der Waals surface area contributed by atoms with E-state index in [4.69, 9.17) is 0 Å². The van der Waals surface area contributed by atoms with Crippen molar-refractivity contribution in [2.75, 3.05) is 18.4 Å². The lowest BCUT2D eigenvalue weighted by molar-refractivity contribution is -0.120. The molecule has 6 nitrogen and oxygen atoms in total. The van der Waals surface area contributed by atoms with Gasteiger partial charge >= 0.3 is 0 Å². The molecule has 4 rings (SSSR count). The molecule has 0 saturated carbocycles. The number of thiazole rings is 1. The highest BCUT2D eigenvalue weighted by molar-refractivity contribution is 9.10. The molecule has 1 aliphatic heterocycles. The van der Waals surface area contributed by atoms with Crippen LogP contribution in [0.2, 0.25) is 0 Å². The van der Waals surface area contributed by atoms with E-state index < -0.39 is 15.9 Å². The molecule has 162 valence electrons. The number of halogens is 1. The van der Waals surface area contributed by atoms with E-state index >= 15 is 0 Å². The van der Waals surface area contributed by atoms with Crippen molar-refractivity contribution in [1.29, 1.82) is 0 Å². The molecule has 1 fully saturated rings. The van der Waals surface area contributed by atoms with Gasteiger partial charge in [-0.3, -0.25) is 4.79 Å². The number of aromatic nitrogens is 1. The van der Waals surface area contributed by atoms with Gasteiger partial charge in [0, 0.05) is 28.5 Å². The van der Waals surface area contributed by atoms with E-state index in [1.807, 2.05) is 36.6 Å². The summed E-state index contributed by atoms with van der Waals surface area (Å²) in [6.07, 6.45) is 1.29. The Bertz CT molecular complexity index is 1180. The molecule has 2 heterocycles. The zero-order chi connectivity index (χ0) is 22.0. The highest BCUT2D eigenvalue weighted by Gasteiger charge is 2.33. The highest BCUT2D eigenvalue weighted by atomic mass is 79.9. The third-order valence-corrected chi connectivity index (χ3v) is 8.45. The van der Waals surface area contributed by atoms with Crippen LogP contribution in [0.5, 0.6) is 0 Å². The van der Waals surface area contributed by atoms with E-state index in [-0.39, 0.29) is 17.3 Å². The quantitative estimate of drug-likeness (QED) is 0.518. The van der Waals surface area contributed by atoms with Crippen molar-refractivity contribution in [3.05, 3.63) is 63.9 Å². The second kappa shape index (κ2) is 9.20. The SMILES string of the molecule is Cc1ccc(S(=O)(=O)N2CCCC(C(=O)Nc3nc(-c4ccc(Br)cc4)cs3)C2)cc1. The maximum atomic E-state index is 13.0. The fraction of sp³-hybridized carbons (Fsp3) is 0.273. The first-order chi connectivity index (χ1) is 14.8. The monoisotopic (exact) mass is 519 g/mol. The molecule has 0 spiro atoms. The van der Waals surface area contributed by atoms with Gasteiger partial charge in [0.2, 0.25) is 15.9 Å². The number of carbonyl (C=O) groups excluding carboxylic acids is 1. The van der Waals surface area contributed by atoms with Crippen LogP contribution in [0.4, 0.5) is 5.13 Å². The van der Waals surface area contributed by atoms with E-state index in [0.29, 0.717) is 24.5 Å². The summed E-state index contributed by atoms with van der Waals surface area (Å²) in [5.41, 5.74) is 2.76. The number of nitrogens with one attached hydrogen (secondary N) is 1. The summed E-state index contributed by atoms with van der Waals surface area (Å²) in [6, 6.07) is 14.6. The summed E-state index contributed by atoms with van der Waals surface area (Å²) in [7, 11) is -3.62. The molecule has 1 saturated heterocycles. The van der Waals surface area contributed by atoms with E-state index in [9.17, 15) is 13.2 Å². The molecular weight excluding hydrogens is 498 g/mol. The van der Waals surface area contributed by atoms with Crippen LogP contribution in [0, 0.1) is 12.8 Å². The minimum atomic E-state index is -3.62. The second-order valence-electron chi connectivity index (χ2n) is 7.55. The molecule has 1 aromatic heterocycles. The Morgan fingerprint density at radius 1 is 1.16 bits per heavy atom. The molecule has 0 bridgehead atoms. The Morgan fingerprint density at radius 2 is 1.87 bits per heavy atom. The van der Waals surface area contributed by atoms with Gasteiger partial charge in [-0.05, 0) is 44.0 Å². The Morgan fingerprint density at radius 3 is 2.58 bits per heavy atom. The number of sulfonamides is 1. The fourth-order valence-electron chi connectivity index (χ4n) is 3.53. The maximum absolute atomic E-state index is 13.0. The van der Waals surface area contributed by atoms with Crippen LogP contribution in [-0.4, -0.2) is 36.7 Å². The molecule has 1 aliphatic rings. The van der Waals surface area contributed by atoms with Crippen LogP contribution >= 0.6 is 27.3 Å². The molecule has 1 amide bonds. The Balaban J connectivity index is 1.43. The van der Waals surface area contributed by atoms with Crippen molar-refractivity contribution in [1.82, 2.24) is 9.29 Å². The van der Waals surface area contributed by atoms with Gasteiger partial charge in [0.25, 0.3) is 0 Å². The van der Waals surface area contributed by atoms with Crippen molar-refractivity contribution >= 4 is 48.3 Å². The van der Waals surface area contributed by atoms with Crippen molar-refractivity contribution in [3.63, 3.8) is 0 Å². The molecular formula is C22H22BrN3O3S2. The number of amides is 1. The summed E-state index contributed by atoms with van der Waals surface area (Å²) < 4.78 is 28.4. The van der Waals surface area contributed by atoms with Gasteiger partial charge in [0.15, 0.2) is 5.13 Å². The highest BCUT2D eigenvalue weighted by Crippen LogP contribution is 2.28. The second-order valence-corrected chi connectivity index (χ2v) is 11.3. The first kappa shape index (κ1) is 22.1. The van der Waals surface area contributed by atoms with Crippen LogP contribution in [0.1, 0.15) is 18.4 Å². The minimum Gasteiger partial charge on any atom is -0.302 e. The van der Waals surface area contributed by atoms with Gasteiger partial charge < -0.3 is 5.32 Å². The number of anilines is 1. The average molecular weight is 520 g/mol. The molecule has 1 N–H and O–H groups in total. The van der Waals surface area contributed by atoms with Gasteiger partial charge in [0.1, 0.15) is 0 Å². The molecule has 0 aliphatic carbocycles. The van der Waals surface area contributed by atoms with E-state index in [0.717, 1.165) is 21.3 Å². The molecule has 1 atom stereocenters. The molecule has 1 unspecified atom stereocenters. The van der Waals surface area contributed by atoms with E-state index in [1.54, 1.807) is 24.3 Å². The summed E-state index contributed by atoms with van der Waals surface area (Å²) in [5.74, 6) is -0.602. The maximum Gasteiger partial charge on any atom is 0.243 e. The number of rotatable bonds is 5. The predicted octanol–water partition coefficient (Wildman–Crippen LogP) is 4.92. The standard InChI is InChI=1S/C22H22BrN3O3S2/c1-15-4-10-19(11-5-15)31(28,29)26-12-2-3-17(13-26)21(27)25-22-24-20(14-30-22)16-6-8-18(23)9-7-16/h4-11,14,17H,2-3,12-13H2,1H3,(H,24,25,27). The summed E-state index contributed by atoms with van der Waals surface area (Å²) in [6.45, 7) is 2.51. The zero-order valence-corrected chi connectivity index (χ0v) is 20.1. The Hall–Kier alpha value is -2.07. The number of hydrogen-bond acceptors (Lipinski definition) is 5. The topological polar surface area (TPSA) is 79.4 Å². The lowest BCUT2D eigenvalue weighted by Gasteiger charge is -2.31. The van der Waals surface area contributed by atoms with Crippen LogP contribution < -0.4 is 5.32 Å². The van der Waals surface area contributed by atoms with Crippen LogP contribution in [0.3, 0.4) is 0 Å². The Labute approximate surface area is 194 Å². The molecule has 9 heteroatoms. The van der Waals surface area contributed by atoms with Gasteiger partial charge in [-0.15, -0.1) is 11.3 Å². The first-order valence-electron chi connectivity index (χ1n) is 9.92. The van der Waals surface area contributed by atoms with Gasteiger partial charge in [0.05, 0.1) is 16.5 Å². The van der Waals surface area contributed by atoms with Crippen LogP contribution in [-0.2, 0) is 14.8 Å². The summed E-state index contributed by atoms with van der Waals surface area (Å²) >= 11 is 4.77. The number of benzene rings is 2. The summed E-state index contributed by atoms with van der Waals surface area (Å²) in [4.78, 5) is 17.6. The van der Waals surface area contributed by atoms with Crippen LogP contribution in [0.15, 0.2) is 63.3 Å². The lowest BCUT2D eigenvalue weighted by atomic mass is 9.99. The third-order valence-electron chi connectivity index (χ3n) is 5.29. The van der Waals surface area contributed by atoms with E-state index in [1.165, 1.54) is 15.6 Å². The number of hydrogen-bond donors (Lipinski definition) is 1. The Kier molecular flexibility index (Phi) is 6.57. The molecule has 31 heavy (non-hydrogen) atoms. The van der Waals surface area contributed by atoms with E-state index in [2.05, 4.69) is 26.2 Å². The number of piperidine rings is 1. The minimum absolute atomic E-state index is 0.174. The predicted molar refractivity (Wildman–Crippen MR) is 127 cm³/mol. The largest absolute Gasteiger partial charge is 0.302 e. The zero-order valence-electron chi connectivity index (χ0n) is 16.9. The molecule has 0 radical (unpaired) electrons. The van der Waals surface area contributed by atoms with Crippen molar-refractivity contribution in [3.8, 4) is 11.3 Å². The average Bonchev–Trinajstić information content (AvgIpc) is 3.23. The summed E-state index contributed by atoms with van der Waals surface area (Å²) in [5, 5.41) is 5.28. The smallest absolute Gasteiger partial charge is 0.243 e. The van der Waals surface area contributed by atoms with Gasteiger partial charge in [-0.2, -0.15) is 4.31 Å². The molecule has 3 aromatic rings. The van der Waals surface area contributed by atoms with Crippen LogP contribution in [0.25, 0.3) is 11.3 Å².